The maximum absolute atomic E-state index is 15.1. The van der Waals surface area contributed by atoms with E-state index in [-0.39, 0.29) is 44.3 Å². The Kier molecular flexibility index (Phi) is 18.1. The number of ether oxygens (including phenoxy) is 7. The number of rotatable bonds is 16. The van der Waals surface area contributed by atoms with Crippen LogP contribution in [-0.4, -0.2) is 137 Å². The van der Waals surface area contributed by atoms with E-state index in [0.717, 1.165) is 11.1 Å². The number of carbonyl (C=O) groups excluding carboxylic acids is 4. The lowest BCUT2D eigenvalue weighted by Gasteiger charge is -2.52. The number of fused-ring (bicyclic) bond motifs is 1. The van der Waals surface area contributed by atoms with Gasteiger partial charge in [-0.2, -0.15) is 11.3 Å². The van der Waals surface area contributed by atoms with E-state index in [1.807, 2.05) is 69.3 Å². The van der Waals surface area contributed by atoms with Crippen LogP contribution in [0.1, 0.15) is 93.7 Å². The summed E-state index contributed by atoms with van der Waals surface area (Å²) < 4.78 is 45.4. The zero-order valence-corrected chi connectivity index (χ0v) is 43.6. The first kappa shape index (κ1) is 54.6. The molecule has 3 aromatic rings. The van der Waals surface area contributed by atoms with Crippen LogP contribution < -0.4 is 4.74 Å². The average molecular weight is 990 g/mol. The molecule has 15 nitrogen and oxygen atoms in total. The van der Waals surface area contributed by atoms with Crippen molar-refractivity contribution in [3.63, 3.8) is 0 Å². The SMILES string of the molecule is C=CCN(C)[C@H]1C[C@@H](C)O[C@@](C)(O[C@@H]2[C@@H](C)C(OC(=O)Cc3ccccn3)[C@@H](C)C(=O)O[C@H](CC)[C@@]3(C)OC(=O)N(CCCOc4cccc(-c5ccsc5)c4)[C@@H]3[C@@H](C)C(=O)[C@H](C)C[C@@]2(C)OC)[C@@H]1O. The Morgan fingerprint density at radius 1 is 1.04 bits per heavy atom. The lowest BCUT2D eigenvalue weighted by molar-refractivity contribution is -0.358. The Hall–Kier alpha value is -4.71. The predicted molar refractivity (Wildman–Crippen MR) is 266 cm³/mol. The van der Waals surface area contributed by atoms with E-state index in [2.05, 4.69) is 23.0 Å². The second-order valence-corrected chi connectivity index (χ2v) is 20.9. The number of thiophene rings is 1. The number of hydrogen-bond acceptors (Lipinski definition) is 15. The van der Waals surface area contributed by atoms with Crippen molar-refractivity contribution in [1.82, 2.24) is 14.8 Å². The number of aliphatic hydroxyl groups excluding tert-OH is 1. The highest BCUT2D eigenvalue weighted by atomic mass is 32.1. The van der Waals surface area contributed by atoms with Gasteiger partial charge in [0, 0.05) is 50.2 Å². The maximum atomic E-state index is 15.1. The molecule has 1 unspecified atom stereocenters. The van der Waals surface area contributed by atoms with Gasteiger partial charge in [0.15, 0.2) is 11.4 Å². The molecule has 1 aromatic carbocycles. The number of aromatic nitrogens is 1. The van der Waals surface area contributed by atoms with Crippen LogP contribution in [0.4, 0.5) is 4.79 Å². The van der Waals surface area contributed by atoms with Gasteiger partial charge in [-0.15, -0.1) is 6.58 Å². The molecule has 3 aliphatic heterocycles. The number of Topliss-reactive ketones (excluding diaryl/α,β-unsaturated/α-hetero) is 1. The third-order valence-corrected chi connectivity index (χ3v) is 15.5. The van der Waals surface area contributed by atoms with Crippen LogP contribution in [0.2, 0.25) is 0 Å². The number of nitrogens with zero attached hydrogens (tertiary/aromatic N) is 3. The highest BCUT2D eigenvalue weighted by Gasteiger charge is 2.61. The molecule has 0 spiro atoms. The van der Waals surface area contributed by atoms with Gasteiger partial charge in [0.2, 0.25) is 0 Å². The first-order valence-electron chi connectivity index (χ1n) is 24.7. The van der Waals surface area contributed by atoms with E-state index in [1.165, 1.54) is 7.11 Å². The van der Waals surface area contributed by atoms with Crippen molar-refractivity contribution in [2.24, 2.45) is 23.7 Å². The topological polar surface area (TPSA) is 172 Å². The normalized spacial score (nSPS) is 34.3. The molecule has 6 rings (SSSR count). The fourth-order valence-corrected chi connectivity index (χ4v) is 11.8. The maximum Gasteiger partial charge on any atom is 0.410 e. The number of benzene rings is 1. The summed E-state index contributed by atoms with van der Waals surface area (Å²) in [6.07, 6.45) is -1.11. The number of carbonyl (C=O) groups is 4. The van der Waals surface area contributed by atoms with E-state index in [4.69, 9.17) is 33.2 Å². The zero-order chi connectivity index (χ0) is 51.1. The van der Waals surface area contributed by atoms with E-state index >= 15 is 4.79 Å². The molecule has 1 amide bonds. The van der Waals surface area contributed by atoms with Crippen molar-refractivity contribution in [2.45, 2.75) is 154 Å². The van der Waals surface area contributed by atoms with Gasteiger partial charge < -0.3 is 43.2 Å². The van der Waals surface area contributed by atoms with Crippen LogP contribution in [0.3, 0.4) is 0 Å². The number of methoxy groups -OCH3 is 1. The van der Waals surface area contributed by atoms with E-state index in [0.29, 0.717) is 30.8 Å². The molecule has 3 fully saturated rings. The number of hydrogen-bond donors (Lipinski definition) is 1. The van der Waals surface area contributed by atoms with Gasteiger partial charge in [-0.3, -0.25) is 24.3 Å². The minimum absolute atomic E-state index is 0.0877. The molecule has 384 valence electrons. The van der Waals surface area contributed by atoms with Crippen molar-refractivity contribution in [1.29, 1.82) is 0 Å². The first-order chi connectivity index (χ1) is 33.2. The van der Waals surface area contributed by atoms with E-state index in [9.17, 15) is 19.5 Å². The second kappa shape index (κ2) is 23.2. The van der Waals surface area contributed by atoms with Crippen LogP contribution in [-0.2, 0) is 49.2 Å². The molecule has 1 N–H and O–H groups in total. The fraction of sp³-hybridized carbons (Fsp3) is 0.611. The van der Waals surface area contributed by atoms with Crippen LogP contribution in [0.5, 0.6) is 5.75 Å². The molecule has 5 heterocycles. The first-order valence-corrected chi connectivity index (χ1v) is 25.6. The highest BCUT2D eigenvalue weighted by Crippen LogP contribution is 2.45. The van der Waals surface area contributed by atoms with Gasteiger partial charge in [0.25, 0.3) is 0 Å². The minimum Gasteiger partial charge on any atom is -0.494 e. The monoisotopic (exact) mass is 990 g/mol. The van der Waals surface area contributed by atoms with Crippen LogP contribution >= 0.6 is 11.3 Å². The van der Waals surface area contributed by atoms with Gasteiger partial charge in [-0.25, -0.2) is 4.79 Å². The zero-order valence-electron chi connectivity index (χ0n) is 42.8. The molecule has 16 heteroatoms. The number of esters is 2. The summed E-state index contributed by atoms with van der Waals surface area (Å²) in [5, 5.41) is 16.3. The van der Waals surface area contributed by atoms with Crippen molar-refractivity contribution in [2.75, 3.05) is 33.9 Å². The molecule has 0 radical (unpaired) electrons. The van der Waals surface area contributed by atoms with Crippen LogP contribution in [0.15, 0.2) is 78.1 Å². The van der Waals surface area contributed by atoms with Crippen molar-refractivity contribution in [3.05, 3.63) is 83.8 Å². The molecule has 2 aromatic heterocycles. The summed E-state index contributed by atoms with van der Waals surface area (Å²) in [7, 11) is 3.42. The molecule has 14 atom stereocenters. The van der Waals surface area contributed by atoms with Crippen molar-refractivity contribution >= 4 is 35.2 Å². The smallest absolute Gasteiger partial charge is 0.410 e. The van der Waals surface area contributed by atoms with E-state index in [1.54, 1.807) is 81.3 Å². The van der Waals surface area contributed by atoms with Gasteiger partial charge in [-0.1, -0.05) is 52.0 Å². The molecule has 0 aliphatic carbocycles. The van der Waals surface area contributed by atoms with Gasteiger partial charge in [0.05, 0.1) is 48.5 Å². The molecule has 0 saturated carbocycles. The Morgan fingerprint density at radius 3 is 2.46 bits per heavy atom. The number of cyclic esters (lactones) is 1. The standard InChI is InChI=1S/C54H75N3O12S/c1-13-24-56(11)42-28-34(4)67-54(10,48(42)60)68-49-36(6)46(66-44(58)30-40-20-15-16-23-55-40)37(7)50(61)65-43(14-2)53(9)47(35(5)45(59)33(3)31-52(49,8)63-12)57(51(62)69-53)25-18-26-64-41-21-17-19-38(29-41)39-22-27-70-32-39/h13,15-17,19-23,27,29,32-37,42-43,46-49,60H,1,14,18,24-26,28,30-31H2,2-12H3/t33-,34-,35+,36+,37-,42+,43-,46?,47-,48-,49-,52-,53-,54+/m1/s1. The Bertz CT molecular complexity index is 2250. The fourth-order valence-electron chi connectivity index (χ4n) is 11.1. The minimum atomic E-state index is -1.65. The van der Waals surface area contributed by atoms with Crippen molar-refractivity contribution in [3.8, 4) is 16.9 Å². The summed E-state index contributed by atoms with van der Waals surface area (Å²) in [6.45, 7) is 20.8. The number of amides is 1. The van der Waals surface area contributed by atoms with E-state index < -0.39 is 95.2 Å². The van der Waals surface area contributed by atoms with Crippen molar-refractivity contribution < 1.29 is 57.4 Å². The van der Waals surface area contributed by atoms with Gasteiger partial charge in [0.1, 0.15) is 29.8 Å². The molecular formula is C54H75N3O12S. The molecule has 3 aliphatic rings. The summed E-state index contributed by atoms with van der Waals surface area (Å²) in [5.74, 6) is -6.01. The van der Waals surface area contributed by atoms with Gasteiger partial charge >= 0.3 is 18.0 Å². The molecule has 0 bridgehead atoms. The lowest BCUT2D eigenvalue weighted by atomic mass is 9.73. The summed E-state index contributed by atoms with van der Waals surface area (Å²) in [4.78, 5) is 66.0. The number of aliphatic hydroxyl groups is 1. The summed E-state index contributed by atoms with van der Waals surface area (Å²) >= 11 is 1.62. The highest BCUT2D eigenvalue weighted by molar-refractivity contribution is 7.08. The Labute approximate surface area is 418 Å². The average Bonchev–Trinajstić information content (AvgIpc) is 3.97. The van der Waals surface area contributed by atoms with Crippen LogP contribution in [0, 0.1) is 23.7 Å². The summed E-state index contributed by atoms with van der Waals surface area (Å²) in [5.41, 5.74) is -0.229. The molecular weight excluding hydrogens is 915 g/mol. The second-order valence-electron chi connectivity index (χ2n) is 20.1. The van der Waals surface area contributed by atoms with Crippen LogP contribution in [0.25, 0.3) is 11.1 Å². The third-order valence-electron chi connectivity index (χ3n) is 14.9. The largest absolute Gasteiger partial charge is 0.494 e. The number of pyridine rings is 1. The number of ketones is 1. The molecule has 3 saturated heterocycles. The van der Waals surface area contributed by atoms with Gasteiger partial charge in [-0.05, 0) is 120 Å². The molecule has 70 heavy (non-hydrogen) atoms. The quantitative estimate of drug-likeness (QED) is 0.0629. The predicted octanol–water partition coefficient (Wildman–Crippen LogP) is 8.31. The summed E-state index contributed by atoms with van der Waals surface area (Å²) in [6, 6.07) is 13.8. The lowest BCUT2D eigenvalue weighted by Crippen LogP contribution is -2.65. The Balaban J connectivity index is 1.37. The third kappa shape index (κ3) is 12.0. The Morgan fingerprint density at radius 2 is 1.80 bits per heavy atom. The number of likely N-dealkylation sites (N-methyl/N-ethyl adjacent to an activating group) is 1.